The van der Waals surface area contributed by atoms with Crippen molar-refractivity contribution in [3.63, 3.8) is 0 Å². The molecule has 0 saturated heterocycles. The van der Waals surface area contributed by atoms with Gasteiger partial charge in [0.15, 0.2) is 5.96 Å². The lowest BCUT2D eigenvalue weighted by Gasteiger charge is -2.12. The van der Waals surface area contributed by atoms with Gasteiger partial charge in [0.1, 0.15) is 5.82 Å². The molecule has 2 aromatic rings. The average Bonchev–Trinajstić information content (AvgIpc) is 2.62. The fraction of sp³-hybridized carbons (Fsp3) is 0.350. The van der Waals surface area contributed by atoms with Crippen molar-refractivity contribution in [2.75, 3.05) is 20.2 Å². The van der Waals surface area contributed by atoms with Crippen molar-refractivity contribution in [1.29, 1.82) is 0 Å². The van der Waals surface area contributed by atoms with Gasteiger partial charge in [0.2, 0.25) is 0 Å². The van der Waals surface area contributed by atoms with Gasteiger partial charge in [-0.05, 0) is 42.2 Å². The number of ether oxygens (including phenoxy) is 1. The van der Waals surface area contributed by atoms with Gasteiger partial charge in [0, 0.05) is 20.2 Å². The zero-order valence-corrected chi connectivity index (χ0v) is 17.6. The highest BCUT2D eigenvalue weighted by Crippen LogP contribution is 2.11. The van der Waals surface area contributed by atoms with E-state index >= 15 is 0 Å². The number of hydrogen-bond donors (Lipinski definition) is 2. The van der Waals surface area contributed by atoms with Crippen molar-refractivity contribution in [3.05, 3.63) is 71.0 Å². The molecule has 2 rings (SSSR count). The summed E-state index contributed by atoms with van der Waals surface area (Å²) in [6.07, 6.45) is 0.810. The summed E-state index contributed by atoms with van der Waals surface area (Å²) < 4.78 is 18.2. The fourth-order valence-corrected chi connectivity index (χ4v) is 2.49. The summed E-state index contributed by atoms with van der Waals surface area (Å²) in [4.78, 5) is 4.65. The van der Waals surface area contributed by atoms with E-state index in [2.05, 4.69) is 27.8 Å². The highest BCUT2D eigenvalue weighted by molar-refractivity contribution is 14.0. The van der Waals surface area contributed by atoms with Gasteiger partial charge in [-0.3, -0.25) is 0 Å². The lowest BCUT2D eigenvalue weighted by molar-refractivity contribution is 0.184. The van der Waals surface area contributed by atoms with Gasteiger partial charge in [0.25, 0.3) is 0 Å². The van der Waals surface area contributed by atoms with Crippen LogP contribution in [0.4, 0.5) is 4.39 Å². The van der Waals surface area contributed by atoms with E-state index in [9.17, 15) is 4.39 Å². The molecule has 0 radical (unpaired) electrons. The number of nitrogens with zero attached hydrogens (tertiary/aromatic N) is 1. The van der Waals surface area contributed by atoms with E-state index in [-0.39, 0.29) is 29.8 Å². The molecule has 0 unspecified atom stereocenters. The number of guanidine groups is 1. The number of nitrogens with one attached hydrogen (secondary N) is 2. The van der Waals surface area contributed by atoms with Gasteiger partial charge in [-0.15, -0.1) is 24.0 Å². The first-order chi connectivity index (χ1) is 12.2. The Kier molecular flexibility index (Phi) is 10.9. The molecule has 2 N–H and O–H groups in total. The third-order valence-corrected chi connectivity index (χ3v) is 3.79. The Labute approximate surface area is 172 Å². The van der Waals surface area contributed by atoms with E-state index in [1.165, 1.54) is 12.1 Å². The molecule has 0 spiro atoms. The number of hydrogen-bond acceptors (Lipinski definition) is 2. The second-order valence-electron chi connectivity index (χ2n) is 5.70. The summed E-state index contributed by atoms with van der Waals surface area (Å²) in [6, 6.07) is 14.7. The first kappa shape index (κ1) is 22.4. The van der Waals surface area contributed by atoms with Crippen LogP contribution in [0.25, 0.3) is 0 Å². The van der Waals surface area contributed by atoms with E-state index < -0.39 is 0 Å². The Hall–Kier alpha value is -1.67. The monoisotopic (exact) mass is 471 g/mol. The van der Waals surface area contributed by atoms with Crippen molar-refractivity contribution in [2.45, 2.75) is 26.5 Å². The van der Waals surface area contributed by atoms with Crippen LogP contribution in [0.15, 0.2) is 53.5 Å². The van der Waals surface area contributed by atoms with Gasteiger partial charge in [0.05, 0.1) is 13.2 Å². The van der Waals surface area contributed by atoms with Crippen LogP contribution in [0, 0.1) is 5.82 Å². The highest BCUT2D eigenvalue weighted by Gasteiger charge is 2.02. The van der Waals surface area contributed by atoms with Gasteiger partial charge in [-0.2, -0.15) is 0 Å². The molecular formula is C20H27FIN3O. The van der Waals surface area contributed by atoms with E-state index in [0.29, 0.717) is 13.2 Å². The Balaban J connectivity index is 0.00000338. The van der Waals surface area contributed by atoms with Crippen molar-refractivity contribution in [3.8, 4) is 0 Å². The van der Waals surface area contributed by atoms with Crippen molar-refractivity contribution in [1.82, 2.24) is 10.6 Å². The average molecular weight is 471 g/mol. The van der Waals surface area contributed by atoms with Crippen LogP contribution in [0.5, 0.6) is 0 Å². The predicted octanol–water partition coefficient (Wildman–Crippen LogP) is 3.89. The zero-order valence-electron chi connectivity index (χ0n) is 15.3. The molecule has 0 amide bonds. The number of methoxy groups -OCH3 is 1. The summed E-state index contributed by atoms with van der Waals surface area (Å²) in [7, 11) is 1.70. The molecule has 0 aromatic heterocycles. The van der Waals surface area contributed by atoms with Crippen LogP contribution in [-0.2, 0) is 24.3 Å². The molecule has 0 aliphatic heterocycles. The highest BCUT2D eigenvalue weighted by atomic mass is 127. The standard InChI is InChI=1S/C20H26FN3O.HI/c1-3-22-20(23-13-12-16-8-10-19(21)11-9-16)24-14-17-6-4-5-7-18(17)15-25-2;/h4-11H,3,12-15H2,1-2H3,(H2,22,23,24);1H. The van der Waals surface area contributed by atoms with E-state index in [0.717, 1.165) is 42.2 Å². The molecule has 0 aliphatic carbocycles. The number of rotatable bonds is 8. The minimum absolute atomic E-state index is 0. The maximum atomic E-state index is 12.9. The Morgan fingerprint density at radius 1 is 1.04 bits per heavy atom. The fourth-order valence-electron chi connectivity index (χ4n) is 2.49. The largest absolute Gasteiger partial charge is 0.380 e. The van der Waals surface area contributed by atoms with E-state index in [1.54, 1.807) is 7.11 Å². The molecule has 26 heavy (non-hydrogen) atoms. The predicted molar refractivity (Wildman–Crippen MR) is 115 cm³/mol. The topological polar surface area (TPSA) is 45.7 Å². The van der Waals surface area contributed by atoms with Crippen LogP contribution in [-0.4, -0.2) is 26.2 Å². The minimum atomic E-state index is -0.207. The van der Waals surface area contributed by atoms with Gasteiger partial charge in [-0.25, -0.2) is 9.38 Å². The normalized spacial score (nSPS) is 11.0. The number of halogens is 2. The lowest BCUT2D eigenvalue weighted by Crippen LogP contribution is -2.38. The quantitative estimate of drug-likeness (QED) is 0.349. The molecule has 0 atom stereocenters. The summed E-state index contributed by atoms with van der Waals surface area (Å²) in [5.41, 5.74) is 3.39. The number of benzene rings is 2. The summed E-state index contributed by atoms with van der Waals surface area (Å²) >= 11 is 0. The second-order valence-corrected chi connectivity index (χ2v) is 5.70. The molecule has 4 nitrogen and oxygen atoms in total. The van der Waals surface area contributed by atoms with Gasteiger partial charge < -0.3 is 15.4 Å². The Morgan fingerprint density at radius 3 is 2.38 bits per heavy atom. The van der Waals surface area contributed by atoms with Crippen LogP contribution in [0.3, 0.4) is 0 Å². The zero-order chi connectivity index (χ0) is 17.9. The minimum Gasteiger partial charge on any atom is -0.380 e. The van der Waals surface area contributed by atoms with Gasteiger partial charge >= 0.3 is 0 Å². The maximum absolute atomic E-state index is 12.9. The summed E-state index contributed by atoms with van der Waals surface area (Å²) in [5.74, 6) is 0.568. The molecule has 142 valence electrons. The SMILES string of the molecule is CCNC(=NCc1ccccc1COC)NCCc1ccc(F)cc1.I. The van der Waals surface area contributed by atoms with Crippen molar-refractivity contribution < 1.29 is 9.13 Å². The van der Waals surface area contributed by atoms with E-state index in [1.807, 2.05) is 31.2 Å². The third-order valence-electron chi connectivity index (χ3n) is 3.79. The molecule has 0 saturated carbocycles. The molecule has 0 aliphatic rings. The molecule has 0 heterocycles. The molecule has 0 bridgehead atoms. The smallest absolute Gasteiger partial charge is 0.191 e. The van der Waals surface area contributed by atoms with Crippen LogP contribution < -0.4 is 10.6 Å². The molecule has 2 aromatic carbocycles. The molecular weight excluding hydrogens is 444 g/mol. The third kappa shape index (κ3) is 7.70. The summed E-state index contributed by atoms with van der Waals surface area (Å²) in [5, 5.41) is 6.57. The van der Waals surface area contributed by atoms with Crippen molar-refractivity contribution >= 4 is 29.9 Å². The Morgan fingerprint density at radius 2 is 1.73 bits per heavy atom. The van der Waals surface area contributed by atoms with Crippen molar-refractivity contribution in [2.24, 2.45) is 4.99 Å². The van der Waals surface area contributed by atoms with Crippen LogP contribution in [0.1, 0.15) is 23.6 Å². The van der Waals surface area contributed by atoms with E-state index in [4.69, 9.17) is 4.74 Å². The molecule has 6 heteroatoms. The first-order valence-corrected chi connectivity index (χ1v) is 8.55. The first-order valence-electron chi connectivity index (χ1n) is 8.55. The summed E-state index contributed by atoms with van der Waals surface area (Å²) in [6.45, 7) is 4.74. The Bertz CT molecular complexity index is 677. The second kappa shape index (κ2) is 12.6. The van der Waals surface area contributed by atoms with Crippen LogP contribution in [0.2, 0.25) is 0 Å². The van der Waals surface area contributed by atoms with Gasteiger partial charge in [-0.1, -0.05) is 36.4 Å². The lowest BCUT2D eigenvalue weighted by atomic mass is 10.1. The maximum Gasteiger partial charge on any atom is 0.191 e. The van der Waals surface area contributed by atoms with Crippen LogP contribution >= 0.6 is 24.0 Å². The molecule has 0 fully saturated rings. The number of aliphatic imine (C=N–C) groups is 1.